The molecule has 0 radical (unpaired) electrons. The van der Waals surface area contributed by atoms with Gasteiger partial charge in [-0.25, -0.2) is 0 Å². The van der Waals surface area contributed by atoms with Crippen LogP contribution in [-0.2, 0) is 0 Å². The van der Waals surface area contributed by atoms with Crippen molar-refractivity contribution >= 4 is 5.91 Å². The Morgan fingerprint density at radius 2 is 1.85 bits per heavy atom. The summed E-state index contributed by atoms with van der Waals surface area (Å²) >= 11 is 0. The fourth-order valence-corrected chi connectivity index (χ4v) is 4.23. The zero-order valence-corrected chi connectivity index (χ0v) is 15.8. The van der Waals surface area contributed by atoms with Gasteiger partial charge in [0, 0.05) is 31.1 Å². The number of nitrogens with zero attached hydrogens (tertiary/aromatic N) is 1. The lowest BCUT2D eigenvalue weighted by Crippen LogP contribution is -2.38. The highest BCUT2D eigenvalue weighted by atomic mass is 16.5. The number of amides is 1. The largest absolute Gasteiger partial charge is 0.496 e. The first-order valence-electron chi connectivity index (χ1n) is 9.77. The van der Waals surface area contributed by atoms with Crippen molar-refractivity contribution in [2.24, 2.45) is 0 Å². The minimum absolute atomic E-state index is 0.0936. The van der Waals surface area contributed by atoms with E-state index in [4.69, 9.17) is 4.74 Å². The molecule has 2 aliphatic rings. The predicted molar refractivity (Wildman–Crippen MR) is 106 cm³/mol. The molecule has 2 aromatic rings. The van der Waals surface area contributed by atoms with Gasteiger partial charge in [-0.3, -0.25) is 15.6 Å². The van der Waals surface area contributed by atoms with Crippen LogP contribution in [0.4, 0.5) is 0 Å². The topological polar surface area (TPSA) is 53.6 Å². The van der Waals surface area contributed by atoms with Crippen molar-refractivity contribution in [3.05, 3.63) is 65.2 Å². The van der Waals surface area contributed by atoms with Crippen LogP contribution >= 0.6 is 0 Å². The Bertz CT molecular complexity index is 787. The maximum atomic E-state index is 13.3. The van der Waals surface area contributed by atoms with E-state index in [2.05, 4.69) is 23.0 Å². The Hall–Kier alpha value is -2.37. The molecule has 1 unspecified atom stereocenters. The molecule has 0 aromatic heterocycles. The number of piperidine rings is 1. The smallest absolute Gasteiger partial charge is 0.254 e. The van der Waals surface area contributed by atoms with Gasteiger partial charge in [0.2, 0.25) is 0 Å². The van der Waals surface area contributed by atoms with Crippen LogP contribution in [0.2, 0.25) is 0 Å². The standard InChI is InChI=1S/C22H27N3O2/c1-27-21-13-17(10-11-19(21)18-14-23-24-15-18)22(26)25-12-6-5-9-20(25)16-7-3-2-4-8-16/h2-4,7-8,10-11,13,18,20,23-24H,5-6,9,12,14-15H2,1H3. The normalized spacial score (nSPS) is 20.6. The Labute approximate surface area is 160 Å². The summed E-state index contributed by atoms with van der Waals surface area (Å²) in [4.78, 5) is 15.4. The molecule has 2 N–H and O–H groups in total. The SMILES string of the molecule is COc1cc(C(=O)N2CCCCC2c2ccccc2)ccc1C1CNNC1. The number of ether oxygens (including phenoxy) is 1. The van der Waals surface area contributed by atoms with E-state index in [0.717, 1.165) is 50.2 Å². The average molecular weight is 365 g/mol. The highest BCUT2D eigenvalue weighted by molar-refractivity contribution is 5.95. The van der Waals surface area contributed by atoms with Crippen molar-refractivity contribution in [1.29, 1.82) is 0 Å². The van der Waals surface area contributed by atoms with E-state index >= 15 is 0 Å². The molecule has 2 saturated heterocycles. The Morgan fingerprint density at radius 1 is 1.07 bits per heavy atom. The summed E-state index contributed by atoms with van der Waals surface area (Å²) < 4.78 is 5.62. The number of hydrazine groups is 1. The summed E-state index contributed by atoms with van der Waals surface area (Å²) in [5, 5.41) is 0. The third kappa shape index (κ3) is 3.70. The Morgan fingerprint density at radius 3 is 2.59 bits per heavy atom. The fraction of sp³-hybridized carbons (Fsp3) is 0.409. The van der Waals surface area contributed by atoms with Gasteiger partial charge in [0.05, 0.1) is 13.2 Å². The molecule has 0 aliphatic carbocycles. The molecule has 0 spiro atoms. The molecule has 2 fully saturated rings. The highest BCUT2D eigenvalue weighted by Crippen LogP contribution is 2.34. The van der Waals surface area contributed by atoms with Crippen molar-refractivity contribution in [3.8, 4) is 5.75 Å². The average Bonchev–Trinajstić information content (AvgIpc) is 3.28. The Balaban J connectivity index is 1.60. The number of hydrogen-bond acceptors (Lipinski definition) is 4. The van der Waals surface area contributed by atoms with Gasteiger partial charge in [0.25, 0.3) is 5.91 Å². The van der Waals surface area contributed by atoms with Gasteiger partial charge >= 0.3 is 0 Å². The van der Waals surface area contributed by atoms with Crippen LogP contribution in [0.5, 0.6) is 5.75 Å². The number of methoxy groups -OCH3 is 1. The van der Waals surface area contributed by atoms with E-state index in [1.807, 2.05) is 41.3 Å². The van der Waals surface area contributed by atoms with Gasteiger partial charge in [-0.1, -0.05) is 36.4 Å². The maximum absolute atomic E-state index is 13.3. The van der Waals surface area contributed by atoms with Gasteiger partial charge in [-0.05, 0) is 42.5 Å². The van der Waals surface area contributed by atoms with Crippen molar-refractivity contribution < 1.29 is 9.53 Å². The molecule has 5 heteroatoms. The van der Waals surface area contributed by atoms with E-state index in [9.17, 15) is 4.79 Å². The van der Waals surface area contributed by atoms with Gasteiger partial charge in [-0.2, -0.15) is 0 Å². The van der Waals surface area contributed by atoms with Crippen molar-refractivity contribution in [1.82, 2.24) is 15.8 Å². The quantitative estimate of drug-likeness (QED) is 0.873. The first kappa shape index (κ1) is 18.0. The van der Waals surface area contributed by atoms with Crippen molar-refractivity contribution in [2.75, 3.05) is 26.7 Å². The molecule has 2 heterocycles. The molecule has 2 aliphatic heterocycles. The number of hydrogen-bond donors (Lipinski definition) is 2. The zero-order chi connectivity index (χ0) is 18.6. The third-order valence-electron chi connectivity index (χ3n) is 5.69. The second-order valence-electron chi connectivity index (χ2n) is 7.34. The summed E-state index contributed by atoms with van der Waals surface area (Å²) in [6.07, 6.45) is 3.24. The number of carbonyl (C=O) groups excluding carboxylic acids is 1. The number of likely N-dealkylation sites (tertiary alicyclic amines) is 1. The number of nitrogens with one attached hydrogen (secondary N) is 2. The first-order chi connectivity index (χ1) is 13.3. The number of benzene rings is 2. The molecule has 4 rings (SSSR count). The lowest BCUT2D eigenvalue weighted by molar-refractivity contribution is 0.0611. The van der Waals surface area contributed by atoms with Crippen LogP contribution in [0.1, 0.15) is 52.7 Å². The second-order valence-corrected chi connectivity index (χ2v) is 7.34. The first-order valence-corrected chi connectivity index (χ1v) is 9.77. The lowest BCUT2D eigenvalue weighted by Gasteiger charge is -2.36. The minimum atomic E-state index is 0.0936. The minimum Gasteiger partial charge on any atom is -0.496 e. The summed E-state index contributed by atoms with van der Waals surface area (Å²) in [6.45, 7) is 2.54. The summed E-state index contributed by atoms with van der Waals surface area (Å²) in [5.74, 6) is 1.25. The maximum Gasteiger partial charge on any atom is 0.254 e. The van der Waals surface area contributed by atoms with Gasteiger partial charge in [-0.15, -0.1) is 0 Å². The van der Waals surface area contributed by atoms with Gasteiger partial charge in [0.15, 0.2) is 0 Å². The van der Waals surface area contributed by atoms with E-state index in [-0.39, 0.29) is 11.9 Å². The van der Waals surface area contributed by atoms with Crippen LogP contribution < -0.4 is 15.6 Å². The summed E-state index contributed by atoms with van der Waals surface area (Å²) in [6, 6.07) is 16.4. The molecule has 2 aromatic carbocycles. The zero-order valence-electron chi connectivity index (χ0n) is 15.8. The molecule has 5 nitrogen and oxygen atoms in total. The molecule has 1 atom stereocenters. The number of rotatable bonds is 4. The van der Waals surface area contributed by atoms with Crippen molar-refractivity contribution in [2.45, 2.75) is 31.2 Å². The fourth-order valence-electron chi connectivity index (χ4n) is 4.23. The van der Waals surface area contributed by atoms with Crippen LogP contribution in [0, 0.1) is 0 Å². The van der Waals surface area contributed by atoms with E-state index < -0.39 is 0 Å². The monoisotopic (exact) mass is 365 g/mol. The highest BCUT2D eigenvalue weighted by Gasteiger charge is 2.29. The molecule has 1 amide bonds. The Kier molecular flexibility index (Phi) is 5.41. The van der Waals surface area contributed by atoms with Crippen LogP contribution in [-0.4, -0.2) is 37.6 Å². The van der Waals surface area contributed by atoms with Crippen LogP contribution in [0.25, 0.3) is 0 Å². The molecular formula is C22H27N3O2. The second kappa shape index (κ2) is 8.11. The molecular weight excluding hydrogens is 338 g/mol. The van der Waals surface area contributed by atoms with Gasteiger partial charge in [0.1, 0.15) is 5.75 Å². The molecule has 27 heavy (non-hydrogen) atoms. The van der Waals surface area contributed by atoms with E-state index in [1.165, 1.54) is 5.56 Å². The molecule has 0 saturated carbocycles. The van der Waals surface area contributed by atoms with Crippen LogP contribution in [0.15, 0.2) is 48.5 Å². The van der Waals surface area contributed by atoms with Crippen LogP contribution in [0.3, 0.4) is 0 Å². The van der Waals surface area contributed by atoms with Gasteiger partial charge < -0.3 is 9.64 Å². The summed E-state index contributed by atoms with van der Waals surface area (Å²) in [5.41, 5.74) is 9.38. The lowest BCUT2D eigenvalue weighted by atomic mass is 9.93. The number of carbonyl (C=O) groups is 1. The summed E-state index contributed by atoms with van der Waals surface area (Å²) in [7, 11) is 1.68. The predicted octanol–water partition coefficient (Wildman–Crippen LogP) is 3.25. The molecule has 142 valence electrons. The van der Waals surface area contributed by atoms with E-state index in [1.54, 1.807) is 7.11 Å². The van der Waals surface area contributed by atoms with E-state index in [0.29, 0.717) is 11.5 Å². The van der Waals surface area contributed by atoms with Crippen molar-refractivity contribution in [3.63, 3.8) is 0 Å². The molecule has 0 bridgehead atoms. The third-order valence-corrected chi connectivity index (χ3v) is 5.69.